The van der Waals surface area contributed by atoms with E-state index in [0.29, 0.717) is 6.54 Å². The Balaban J connectivity index is 2.02. The number of nitrogens with one attached hydrogen (secondary N) is 1. The molecule has 39 heavy (non-hydrogen) atoms. The zero-order valence-electron chi connectivity index (χ0n) is 22.2. The van der Waals surface area contributed by atoms with E-state index in [2.05, 4.69) is 5.32 Å². The molecule has 0 heterocycles. The van der Waals surface area contributed by atoms with Gasteiger partial charge in [-0.1, -0.05) is 84.6 Å². The molecule has 0 aliphatic heterocycles. The summed E-state index contributed by atoms with van der Waals surface area (Å²) >= 11 is 12.4. The van der Waals surface area contributed by atoms with Crippen LogP contribution >= 0.6 is 23.2 Å². The molecule has 0 fully saturated rings. The maximum atomic E-state index is 13.9. The van der Waals surface area contributed by atoms with E-state index in [0.717, 1.165) is 28.3 Å². The SMILES string of the molecule is CCCCNC(=O)C(C)N(Cc1ccccc1)C(=O)CN(c1cc(Cl)cc(Cl)c1)S(=O)(=O)c1ccc(C)cc1. The molecular formula is C29H33Cl2N3O4S. The van der Waals surface area contributed by atoms with Crippen LogP contribution in [0.5, 0.6) is 0 Å². The summed E-state index contributed by atoms with van der Waals surface area (Å²) in [7, 11) is -4.20. The minimum absolute atomic E-state index is 0.0111. The number of hydrogen-bond acceptors (Lipinski definition) is 4. The van der Waals surface area contributed by atoms with Crippen LogP contribution in [-0.4, -0.2) is 44.3 Å². The van der Waals surface area contributed by atoms with Gasteiger partial charge in [0.15, 0.2) is 0 Å². The third kappa shape index (κ3) is 8.21. The van der Waals surface area contributed by atoms with Gasteiger partial charge in [0.1, 0.15) is 12.6 Å². The molecular weight excluding hydrogens is 557 g/mol. The summed E-state index contributed by atoms with van der Waals surface area (Å²) in [6.45, 7) is 5.55. The van der Waals surface area contributed by atoms with Gasteiger partial charge >= 0.3 is 0 Å². The zero-order chi connectivity index (χ0) is 28.6. The summed E-state index contributed by atoms with van der Waals surface area (Å²) in [5, 5.41) is 3.31. The highest BCUT2D eigenvalue weighted by atomic mass is 35.5. The second-order valence-electron chi connectivity index (χ2n) is 9.28. The van der Waals surface area contributed by atoms with Crippen molar-refractivity contribution in [3.8, 4) is 0 Å². The molecule has 0 radical (unpaired) electrons. The normalized spacial score (nSPS) is 12.0. The number of carbonyl (C=O) groups is 2. The molecule has 0 bridgehead atoms. The highest BCUT2D eigenvalue weighted by Crippen LogP contribution is 2.30. The fourth-order valence-electron chi connectivity index (χ4n) is 3.95. The summed E-state index contributed by atoms with van der Waals surface area (Å²) in [5.41, 5.74) is 1.83. The molecule has 7 nitrogen and oxygen atoms in total. The van der Waals surface area contributed by atoms with E-state index in [9.17, 15) is 18.0 Å². The molecule has 1 atom stereocenters. The monoisotopic (exact) mass is 589 g/mol. The molecule has 2 amide bonds. The summed E-state index contributed by atoms with van der Waals surface area (Å²) in [5.74, 6) is -0.866. The van der Waals surface area contributed by atoms with Crippen molar-refractivity contribution in [2.75, 3.05) is 17.4 Å². The van der Waals surface area contributed by atoms with Crippen molar-refractivity contribution >= 4 is 50.7 Å². The molecule has 0 spiro atoms. The minimum Gasteiger partial charge on any atom is -0.354 e. The van der Waals surface area contributed by atoms with Crippen molar-refractivity contribution in [3.05, 3.63) is 94.0 Å². The molecule has 3 aromatic rings. The number of nitrogens with zero attached hydrogens (tertiary/aromatic N) is 2. The molecule has 1 unspecified atom stereocenters. The van der Waals surface area contributed by atoms with E-state index < -0.39 is 28.5 Å². The lowest BCUT2D eigenvalue weighted by Crippen LogP contribution is -2.51. The maximum absolute atomic E-state index is 13.9. The average Bonchev–Trinajstić information content (AvgIpc) is 2.90. The lowest BCUT2D eigenvalue weighted by atomic mass is 10.1. The Morgan fingerprint density at radius 2 is 1.56 bits per heavy atom. The van der Waals surface area contributed by atoms with E-state index in [4.69, 9.17) is 23.2 Å². The largest absolute Gasteiger partial charge is 0.354 e. The Morgan fingerprint density at radius 3 is 2.15 bits per heavy atom. The van der Waals surface area contributed by atoms with E-state index in [1.165, 1.54) is 35.2 Å². The molecule has 0 aromatic heterocycles. The van der Waals surface area contributed by atoms with Gasteiger partial charge in [-0.3, -0.25) is 13.9 Å². The Hall–Kier alpha value is -3.07. The van der Waals surface area contributed by atoms with Crippen molar-refractivity contribution in [1.29, 1.82) is 0 Å². The van der Waals surface area contributed by atoms with Crippen LogP contribution in [0.3, 0.4) is 0 Å². The predicted octanol–water partition coefficient (Wildman–Crippen LogP) is 5.83. The van der Waals surface area contributed by atoms with Crippen LogP contribution in [0.15, 0.2) is 77.7 Å². The number of sulfonamides is 1. The van der Waals surface area contributed by atoms with E-state index >= 15 is 0 Å². The van der Waals surface area contributed by atoms with Crippen LogP contribution in [0.4, 0.5) is 5.69 Å². The fourth-order valence-corrected chi connectivity index (χ4v) is 5.86. The first-order valence-corrected chi connectivity index (χ1v) is 14.9. The number of amides is 2. The van der Waals surface area contributed by atoms with E-state index in [-0.39, 0.29) is 33.1 Å². The molecule has 10 heteroatoms. The molecule has 208 valence electrons. The molecule has 3 rings (SSSR count). The predicted molar refractivity (Wildman–Crippen MR) is 157 cm³/mol. The molecule has 3 aromatic carbocycles. The quantitative estimate of drug-likeness (QED) is 0.269. The number of anilines is 1. The lowest BCUT2D eigenvalue weighted by molar-refractivity contribution is -0.139. The highest BCUT2D eigenvalue weighted by Gasteiger charge is 2.32. The van der Waals surface area contributed by atoms with Gasteiger partial charge in [0.2, 0.25) is 11.8 Å². The number of rotatable bonds is 12. The first kappa shape index (κ1) is 30.5. The van der Waals surface area contributed by atoms with Crippen molar-refractivity contribution in [1.82, 2.24) is 10.2 Å². The van der Waals surface area contributed by atoms with Gasteiger partial charge in [-0.2, -0.15) is 0 Å². The van der Waals surface area contributed by atoms with Gasteiger partial charge in [0.25, 0.3) is 10.0 Å². The second kappa shape index (κ2) is 13.8. The first-order chi connectivity index (χ1) is 18.5. The van der Waals surface area contributed by atoms with Gasteiger partial charge in [-0.15, -0.1) is 0 Å². The molecule has 0 saturated carbocycles. The number of benzene rings is 3. The van der Waals surface area contributed by atoms with Crippen LogP contribution in [-0.2, 0) is 26.2 Å². The van der Waals surface area contributed by atoms with Crippen molar-refractivity contribution in [2.45, 2.75) is 51.1 Å². The van der Waals surface area contributed by atoms with E-state index in [1.807, 2.05) is 44.2 Å². The van der Waals surface area contributed by atoms with Crippen molar-refractivity contribution in [2.24, 2.45) is 0 Å². The Morgan fingerprint density at radius 1 is 0.949 bits per heavy atom. The van der Waals surface area contributed by atoms with Crippen LogP contribution in [0.25, 0.3) is 0 Å². The van der Waals surface area contributed by atoms with Gasteiger partial charge in [-0.25, -0.2) is 8.42 Å². The first-order valence-electron chi connectivity index (χ1n) is 12.7. The Bertz CT molecular complexity index is 1360. The third-order valence-electron chi connectivity index (χ3n) is 6.22. The number of hydrogen-bond donors (Lipinski definition) is 1. The number of unbranched alkanes of at least 4 members (excludes halogenated alkanes) is 1. The third-order valence-corrected chi connectivity index (χ3v) is 8.44. The summed E-state index contributed by atoms with van der Waals surface area (Å²) in [4.78, 5) is 28.3. The summed E-state index contributed by atoms with van der Waals surface area (Å²) in [6, 6.07) is 19.1. The van der Waals surface area contributed by atoms with Crippen LogP contribution < -0.4 is 9.62 Å². The summed E-state index contributed by atoms with van der Waals surface area (Å²) < 4.78 is 28.7. The lowest BCUT2D eigenvalue weighted by Gasteiger charge is -2.32. The highest BCUT2D eigenvalue weighted by molar-refractivity contribution is 7.92. The van der Waals surface area contributed by atoms with Gasteiger partial charge in [0.05, 0.1) is 10.6 Å². The molecule has 1 N–H and O–H groups in total. The zero-order valence-corrected chi connectivity index (χ0v) is 24.6. The summed E-state index contributed by atoms with van der Waals surface area (Å²) in [6.07, 6.45) is 1.72. The van der Waals surface area contributed by atoms with Gasteiger partial charge in [0, 0.05) is 23.1 Å². The average molecular weight is 591 g/mol. The second-order valence-corrected chi connectivity index (χ2v) is 12.0. The minimum atomic E-state index is -4.20. The standard InChI is InChI=1S/C29H33Cl2N3O4S/c1-4-5-15-32-29(36)22(3)33(19-23-9-7-6-8-10-23)28(35)20-34(26-17-24(30)16-25(31)18-26)39(37,38)27-13-11-21(2)12-14-27/h6-14,16-18,22H,4-5,15,19-20H2,1-3H3,(H,32,36). The smallest absolute Gasteiger partial charge is 0.264 e. The van der Waals surface area contributed by atoms with Crippen molar-refractivity contribution < 1.29 is 18.0 Å². The Labute approximate surface area is 240 Å². The van der Waals surface area contributed by atoms with Crippen LogP contribution in [0.2, 0.25) is 10.0 Å². The fraction of sp³-hybridized carbons (Fsp3) is 0.310. The van der Waals surface area contributed by atoms with Crippen LogP contribution in [0, 0.1) is 6.92 Å². The topological polar surface area (TPSA) is 86.8 Å². The Kier molecular flexibility index (Phi) is 10.8. The number of halogens is 2. The van der Waals surface area contributed by atoms with Gasteiger partial charge in [-0.05, 0) is 56.2 Å². The molecule has 0 aliphatic rings. The number of aryl methyl sites for hydroxylation is 1. The molecule has 0 saturated heterocycles. The number of carbonyl (C=O) groups excluding carboxylic acids is 2. The van der Waals surface area contributed by atoms with Crippen molar-refractivity contribution in [3.63, 3.8) is 0 Å². The van der Waals surface area contributed by atoms with Gasteiger partial charge < -0.3 is 10.2 Å². The maximum Gasteiger partial charge on any atom is 0.264 e. The molecule has 0 aliphatic carbocycles. The van der Waals surface area contributed by atoms with E-state index in [1.54, 1.807) is 19.1 Å². The van der Waals surface area contributed by atoms with Crippen LogP contribution in [0.1, 0.15) is 37.8 Å².